The molecule has 1 N–H and O–H groups in total. The summed E-state index contributed by atoms with van der Waals surface area (Å²) in [6.45, 7) is 4.97. The molecule has 2 aromatic heterocycles. The first-order valence-corrected chi connectivity index (χ1v) is 11.8. The molecule has 9 nitrogen and oxygen atoms in total. The van der Waals surface area contributed by atoms with Gasteiger partial charge in [-0.2, -0.15) is 12.7 Å². The molecule has 0 radical (unpaired) electrons. The molecular weight excluding hydrogens is 422 g/mol. The summed E-state index contributed by atoms with van der Waals surface area (Å²) in [5.41, 5.74) is 1.63. The van der Waals surface area contributed by atoms with E-state index in [9.17, 15) is 13.2 Å². The number of thiazole rings is 2. The number of piperazine rings is 1. The van der Waals surface area contributed by atoms with E-state index in [1.54, 1.807) is 18.3 Å². The Hall–Kier alpha value is -2.02. The SMILES string of the molecule is CCOC(=O)N1CCN(S(=O)(=O)Nc2nc3ccc4nc(C)sc4c3s2)CC1. The van der Waals surface area contributed by atoms with Crippen molar-refractivity contribution in [1.29, 1.82) is 0 Å². The standard InChI is InChI=1S/C16H19N5O4S3/c1-3-25-16(22)20-6-8-21(9-7-20)28(23,24)19-15-18-12-5-4-11-13(14(12)27-15)26-10(2)17-11/h4-5H,3,6-9H2,1-2H3,(H,18,19). The van der Waals surface area contributed by atoms with Gasteiger partial charge < -0.3 is 9.64 Å². The third kappa shape index (κ3) is 3.64. The molecule has 1 aromatic carbocycles. The van der Waals surface area contributed by atoms with Crippen molar-refractivity contribution in [3.63, 3.8) is 0 Å². The van der Waals surface area contributed by atoms with E-state index < -0.39 is 16.3 Å². The highest BCUT2D eigenvalue weighted by Crippen LogP contribution is 2.36. The van der Waals surface area contributed by atoms with Crippen molar-refractivity contribution in [2.75, 3.05) is 37.5 Å². The molecular formula is C16H19N5O4S3. The summed E-state index contributed by atoms with van der Waals surface area (Å²) < 4.78 is 36.3. The zero-order valence-electron chi connectivity index (χ0n) is 15.3. The van der Waals surface area contributed by atoms with Crippen molar-refractivity contribution in [2.45, 2.75) is 13.8 Å². The van der Waals surface area contributed by atoms with Crippen LogP contribution >= 0.6 is 22.7 Å². The molecule has 12 heteroatoms. The second-order valence-electron chi connectivity index (χ2n) is 6.21. The highest BCUT2D eigenvalue weighted by molar-refractivity contribution is 7.90. The smallest absolute Gasteiger partial charge is 0.409 e. The van der Waals surface area contributed by atoms with Crippen LogP contribution in [0.4, 0.5) is 9.93 Å². The van der Waals surface area contributed by atoms with E-state index in [4.69, 9.17) is 4.74 Å². The third-order valence-electron chi connectivity index (χ3n) is 4.34. The number of aryl methyl sites for hydroxylation is 1. The van der Waals surface area contributed by atoms with Gasteiger partial charge in [0.25, 0.3) is 0 Å². The Morgan fingerprint density at radius 1 is 1.14 bits per heavy atom. The normalized spacial score (nSPS) is 16.0. The zero-order chi connectivity index (χ0) is 19.9. The lowest BCUT2D eigenvalue weighted by molar-refractivity contribution is 0.0935. The zero-order valence-corrected chi connectivity index (χ0v) is 17.8. The average Bonchev–Trinajstić information content (AvgIpc) is 3.23. The van der Waals surface area contributed by atoms with Gasteiger partial charge in [-0.05, 0) is 26.0 Å². The van der Waals surface area contributed by atoms with Gasteiger partial charge in [-0.15, -0.1) is 11.3 Å². The van der Waals surface area contributed by atoms with Crippen LogP contribution in [0.3, 0.4) is 0 Å². The molecule has 0 spiro atoms. The molecule has 0 saturated carbocycles. The largest absolute Gasteiger partial charge is 0.450 e. The first kappa shape index (κ1) is 19.3. The third-order valence-corrected chi connectivity index (χ3v) is 8.10. The minimum atomic E-state index is -3.75. The summed E-state index contributed by atoms with van der Waals surface area (Å²) in [6, 6.07) is 3.75. The van der Waals surface area contributed by atoms with Crippen molar-refractivity contribution in [1.82, 2.24) is 19.2 Å². The number of ether oxygens (including phenoxy) is 1. The lowest BCUT2D eigenvalue weighted by Gasteiger charge is -2.32. The van der Waals surface area contributed by atoms with Crippen LogP contribution in [-0.2, 0) is 14.9 Å². The van der Waals surface area contributed by atoms with Crippen molar-refractivity contribution in [3.05, 3.63) is 17.1 Å². The maximum absolute atomic E-state index is 12.7. The summed E-state index contributed by atoms with van der Waals surface area (Å²) in [4.78, 5) is 22.2. The molecule has 1 aliphatic heterocycles. The van der Waals surface area contributed by atoms with Crippen LogP contribution in [0.15, 0.2) is 12.1 Å². The molecule has 1 aliphatic rings. The van der Waals surface area contributed by atoms with Crippen molar-refractivity contribution >= 4 is 64.5 Å². The maximum Gasteiger partial charge on any atom is 0.409 e. The van der Waals surface area contributed by atoms with Gasteiger partial charge in [-0.1, -0.05) is 11.3 Å². The molecule has 3 aromatic rings. The number of rotatable bonds is 4. The summed E-state index contributed by atoms with van der Waals surface area (Å²) >= 11 is 2.87. The van der Waals surface area contributed by atoms with Crippen LogP contribution in [0, 0.1) is 6.92 Å². The highest BCUT2D eigenvalue weighted by atomic mass is 32.2. The second-order valence-corrected chi connectivity index (χ2v) is 10.1. The van der Waals surface area contributed by atoms with E-state index in [-0.39, 0.29) is 13.1 Å². The van der Waals surface area contributed by atoms with Crippen LogP contribution in [0.25, 0.3) is 20.4 Å². The van der Waals surface area contributed by atoms with E-state index in [0.29, 0.717) is 24.8 Å². The van der Waals surface area contributed by atoms with Gasteiger partial charge in [-0.3, -0.25) is 0 Å². The lowest BCUT2D eigenvalue weighted by atomic mass is 10.3. The number of anilines is 1. The molecule has 0 bridgehead atoms. The number of aromatic nitrogens is 2. The quantitative estimate of drug-likeness (QED) is 0.667. The average molecular weight is 442 g/mol. The van der Waals surface area contributed by atoms with Gasteiger partial charge in [0.1, 0.15) is 0 Å². The minimum Gasteiger partial charge on any atom is -0.450 e. The van der Waals surface area contributed by atoms with Gasteiger partial charge in [0, 0.05) is 26.2 Å². The summed E-state index contributed by atoms with van der Waals surface area (Å²) in [5.74, 6) is 0. The number of hydrogen-bond donors (Lipinski definition) is 1. The molecule has 1 fully saturated rings. The Morgan fingerprint density at radius 2 is 1.79 bits per heavy atom. The molecule has 1 saturated heterocycles. The summed E-state index contributed by atoms with van der Waals surface area (Å²) in [6.07, 6.45) is -0.414. The second kappa shape index (κ2) is 7.43. The van der Waals surface area contributed by atoms with Crippen molar-refractivity contribution in [3.8, 4) is 0 Å². The first-order valence-electron chi connectivity index (χ1n) is 8.73. The minimum absolute atomic E-state index is 0.206. The molecule has 0 atom stereocenters. The maximum atomic E-state index is 12.7. The van der Waals surface area contributed by atoms with Crippen molar-refractivity contribution < 1.29 is 17.9 Å². The van der Waals surface area contributed by atoms with E-state index in [1.807, 2.05) is 19.1 Å². The van der Waals surface area contributed by atoms with Gasteiger partial charge in [0.2, 0.25) is 0 Å². The lowest BCUT2D eigenvalue weighted by Crippen LogP contribution is -2.51. The van der Waals surface area contributed by atoms with Gasteiger partial charge >= 0.3 is 16.3 Å². The Balaban J connectivity index is 1.50. The number of carbonyl (C=O) groups excluding carboxylic acids is 1. The molecule has 150 valence electrons. The van der Waals surface area contributed by atoms with Crippen LogP contribution in [-0.4, -0.2) is 66.5 Å². The molecule has 0 unspecified atom stereocenters. The molecule has 4 rings (SSSR count). The van der Waals surface area contributed by atoms with E-state index >= 15 is 0 Å². The predicted octanol–water partition coefficient (Wildman–Crippen LogP) is 2.65. The van der Waals surface area contributed by atoms with Crippen LogP contribution < -0.4 is 4.72 Å². The monoisotopic (exact) mass is 441 g/mol. The molecule has 3 heterocycles. The number of amides is 1. The number of benzene rings is 1. The topological polar surface area (TPSA) is 105 Å². The fourth-order valence-electron chi connectivity index (χ4n) is 3.03. The van der Waals surface area contributed by atoms with Gasteiger partial charge in [0.05, 0.1) is 32.0 Å². The Kier molecular flexibility index (Phi) is 5.12. The number of nitrogens with one attached hydrogen (secondary N) is 1. The molecule has 28 heavy (non-hydrogen) atoms. The summed E-state index contributed by atoms with van der Waals surface area (Å²) in [5, 5.41) is 1.28. The van der Waals surface area contributed by atoms with E-state index in [2.05, 4.69) is 14.7 Å². The number of carbonyl (C=O) groups is 1. The number of fused-ring (bicyclic) bond motifs is 3. The van der Waals surface area contributed by atoms with E-state index in [0.717, 1.165) is 25.4 Å². The predicted molar refractivity (Wildman–Crippen MR) is 110 cm³/mol. The van der Waals surface area contributed by atoms with Crippen molar-refractivity contribution in [2.24, 2.45) is 0 Å². The molecule has 1 amide bonds. The summed E-state index contributed by atoms with van der Waals surface area (Å²) in [7, 11) is -3.75. The van der Waals surface area contributed by atoms with Gasteiger partial charge in [0.15, 0.2) is 5.13 Å². The Bertz CT molecular complexity index is 1130. The Labute approximate surface area is 170 Å². The Morgan fingerprint density at radius 3 is 2.46 bits per heavy atom. The van der Waals surface area contributed by atoms with Crippen LogP contribution in [0.1, 0.15) is 11.9 Å². The van der Waals surface area contributed by atoms with Gasteiger partial charge in [-0.25, -0.2) is 19.5 Å². The first-order chi connectivity index (χ1) is 13.4. The number of nitrogens with zero attached hydrogens (tertiary/aromatic N) is 4. The fraction of sp³-hybridized carbons (Fsp3) is 0.438. The fourth-order valence-corrected chi connectivity index (χ4v) is 6.41. The highest BCUT2D eigenvalue weighted by Gasteiger charge is 2.30. The number of hydrogen-bond acceptors (Lipinski definition) is 8. The van der Waals surface area contributed by atoms with Crippen LogP contribution in [0.5, 0.6) is 0 Å². The molecule has 0 aliphatic carbocycles. The van der Waals surface area contributed by atoms with Crippen LogP contribution in [0.2, 0.25) is 0 Å². The van der Waals surface area contributed by atoms with E-state index in [1.165, 1.54) is 20.5 Å².